The van der Waals surface area contributed by atoms with Crippen molar-refractivity contribution in [3.63, 3.8) is 0 Å². The van der Waals surface area contributed by atoms with E-state index in [1.807, 2.05) is 0 Å². The van der Waals surface area contributed by atoms with E-state index >= 15 is 0 Å². The van der Waals surface area contributed by atoms with Crippen LogP contribution in [0, 0.1) is 5.92 Å². The highest BCUT2D eigenvalue weighted by Crippen LogP contribution is 2.52. The van der Waals surface area contributed by atoms with E-state index < -0.39 is 70.3 Å². The van der Waals surface area contributed by atoms with Crippen molar-refractivity contribution >= 4 is 23.5 Å². The van der Waals surface area contributed by atoms with E-state index in [4.69, 9.17) is 4.42 Å². The minimum Gasteiger partial charge on any atom is -0.453 e. The minimum atomic E-state index is -4.54. The Balaban J connectivity index is 1.55. The number of carbonyl (C=O) groups is 3. The van der Waals surface area contributed by atoms with Crippen LogP contribution in [0.2, 0.25) is 0 Å². The molecule has 2 N–H and O–H groups in total. The summed E-state index contributed by atoms with van der Waals surface area (Å²) in [6, 6.07) is 1.03. The fourth-order valence-corrected chi connectivity index (χ4v) is 4.58. The average molecular weight is 620 g/mol. The van der Waals surface area contributed by atoms with Crippen molar-refractivity contribution in [3.05, 3.63) is 63.7 Å². The molecular weight excluding hydrogens is 587 g/mol. The number of rotatable bonds is 9. The molecule has 1 atom stereocenters. The molecule has 0 aliphatic heterocycles. The van der Waals surface area contributed by atoms with Crippen LogP contribution in [-0.2, 0) is 33.1 Å². The molecule has 0 bridgehead atoms. The maximum absolute atomic E-state index is 13.4. The Labute approximate surface area is 249 Å². The fourth-order valence-electron chi connectivity index (χ4n) is 4.58. The van der Waals surface area contributed by atoms with Crippen molar-refractivity contribution in [2.24, 2.45) is 5.92 Å². The predicted octanol–water partition coefficient (Wildman–Crippen LogP) is 3.62. The molecule has 2 amide bonds. The highest BCUT2D eigenvalue weighted by molar-refractivity contribution is 5.98. The minimum absolute atomic E-state index is 0.0318. The number of alkyl halides is 3. The van der Waals surface area contributed by atoms with Crippen molar-refractivity contribution in [3.8, 4) is 0 Å². The summed E-state index contributed by atoms with van der Waals surface area (Å²) in [6.45, 7) is 8.21. The van der Waals surface area contributed by atoms with Crippen LogP contribution in [0.3, 0.4) is 0 Å². The second-order valence-electron chi connectivity index (χ2n) is 11.8. The summed E-state index contributed by atoms with van der Waals surface area (Å²) in [5, 5.41) is 12.7. The molecule has 1 saturated carbocycles. The number of amides is 2. The number of ether oxygens (including phenoxy) is 1. The summed E-state index contributed by atoms with van der Waals surface area (Å²) in [6.07, 6.45) is -2.56. The van der Waals surface area contributed by atoms with E-state index in [0.717, 1.165) is 23.9 Å². The molecule has 4 rings (SSSR count). The number of hydrogen-bond donors (Lipinski definition) is 2. The molecule has 1 fully saturated rings. The van der Waals surface area contributed by atoms with Gasteiger partial charge in [-0.3, -0.25) is 29.3 Å². The first-order chi connectivity index (χ1) is 20.5. The van der Waals surface area contributed by atoms with Crippen LogP contribution < -0.4 is 16.2 Å². The van der Waals surface area contributed by atoms with Crippen LogP contribution in [0.25, 0.3) is 0 Å². The Kier molecular flexibility index (Phi) is 8.66. The Morgan fingerprint density at radius 1 is 1.09 bits per heavy atom. The Hall–Kier alpha value is -4.63. The van der Waals surface area contributed by atoms with E-state index in [-0.39, 0.29) is 17.4 Å². The lowest BCUT2D eigenvalue weighted by molar-refractivity contribution is -0.137. The molecule has 1 aliphatic carbocycles. The van der Waals surface area contributed by atoms with E-state index in [2.05, 4.69) is 35.5 Å². The van der Waals surface area contributed by atoms with Crippen LogP contribution >= 0.6 is 0 Å². The molecule has 1 unspecified atom stereocenters. The Morgan fingerprint density at radius 2 is 1.77 bits per heavy atom. The van der Waals surface area contributed by atoms with Gasteiger partial charge < -0.3 is 14.5 Å². The molecule has 0 aromatic carbocycles. The molecular formula is C28H32F3N7O6. The number of hydrogen-bond acceptors (Lipinski definition) is 10. The van der Waals surface area contributed by atoms with E-state index in [9.17, 15) is 32.3 Å². The van der Waals surface area contributed by atoms with E-state index in [0.29, 0.717) is 18.5 Å². The average Bonchev–Trinajstić information content (AvgIpc) is 3.60. The number of halogens is 3. The SMILES string of the molecule is COC(=O)Nc1cnc(C(C)(C)C)n(CC(=O)NC(C(=O)c2nnc(C3(c4ccc(C(F)(F)F)cn4)CC3)o2)C(C)C)c1=O. The summed E-state index contributed by atoms with van der Waals surface area (Å²) >= 11 is 0. The molecule has 0 saturated heterocycles. The van der Waals surface area contributed by atoms with E-state index in [1.165, 1.54) is 12.3 Å². The highest BCUT2D eigenvalue weighted by atomic mass is 19.4. The van der Waals surface area contributed by atoms with Gasteiger partial charge in [-0.1, -0.05) is 34.6 Å². The van der Waals surface area contributed by atoms with Crippen LogP contribution in [-0.4, -0.2) is 55.7 Å². The maximum atomic E-state index is 13.4. The lowest BCUT2D eigenvalue weighted by atomic mass is 9.95. The molecule has 3 aromatic rings. The predicted molar refractivity (Wildman–Crippen MR) is 148 cm³/mol. The highest BCUT2D eigenvalue weighted by Gasteiger charge is 2.52. The zero-order chi connectivity index (χ0) is 32.6. The molecule has 0 radical (unpaired) electrons. The van der Waals surface area contributed by atoms with Gasteiger partial charge in [0.1, 0.15) is 18.1 Å². The number of carbonyl (C=O) groups excluding carboxylic acids is 3. The first kappa shape index (κ1) is 32.3. The van der Waals surface area contributed by atoms with Gasteiger partial charge in [0.25, 0.3) is 11.4 Å². The quantitative estimate of drug-likeness (QED) is 0.337. The topological polar surface area (TPSA) is 171 Å². The van der Waals surface area contributed by atoms with Gasteiger partial charge in [-0.25, -0.2) is 9.78 Å². The van der Waals surface area contributed by atoms with E-state index in [1.54, 1.807) is 34.6 Å². The smallest absolute Gasteiger partial charge is 0.417 e. The monoisotopic (exact) mass is 619 g/mol. The number of aromatic nitrogens is 5. The van der Waals surface area contributed by atoms with Gasteiger partial charge >= 0.3 is 12.3 Å². The summed E-state index contributed by atoms with van der Waals surface area (Å²) in [5.74, 6) is -1.94. The van der Waals surface area contributed by atoms with Gasteiger partial charge in [-0.15, -0.1) is 10.2 Å². The van der Waals surface area contributed by atoms with Gasteiger partial charge in [0.05, 0.1) is 36.0 Å². The van der Waals surface area contributed by atoms with Crippen molar-refractivity contribution < 1.29 is 36.7 Å². The van der Waals surface area contributed by atoms with Crippen LogP contribution in [0.1, 0.15) is 81.1 Å². The third-order valence-electron chi connectivity index (χ3n) is 7.08. The summed E-state index contributed by atoms with van der Waals surface area (Å²) in [7, 11) is 1.13. The largest absolute Gasteiger partial charge is 0.453 e. The summed E-state index contributed by atoms with van der Waals surface area (Å²) < 4.78 is 50.3. The number of ketones is 1. The molecule has 1 aliphatic rings. The van der Waals surface area contributed by atoms with Gasteiger partial charge in [0.2, 0.25) is 17.6 Å². The standard InChI is InChI=1S/C28H32F3N7O6/c1-14(2)19(35-18(39)13-38-22(41)16(34-25(42)43-6)12-33-23(38)26(3,4)5)20(40)21-36-37-24(44-21)27(9-10-27)17-8-7-15(11-32-17)28(29,30)31/h7-8,11-12,14,19H,9-10,13H2,1-6H3,(H,34,42)(H,35,39). The Morgan fingerprint density at radius 3 is 2.30 bits per heavy atom. The molecule has 44 heavy (non-hydrogen) atoms. The number of methoxy groups -OCH3 is 1. The Bertz CT molecular complexity index is 1620. The second kappa shape index (κ2) is 11.8. The van der Waals surface area contributed by atoms with Gasteiger partial charge in [-0.05, 0) is 30.9 Å². The van der Waals surface area contributed by atoms with Crippen LogP contribution in [0.15, 0.2) is 33.7 Å². The molecule has 13 nitrogen and oxygen atoms in total. The maximum Gasteiger partial charge on any atom is 0.417 e. The van der Waals surface area contributed by atoms with Gasteiger partial charge in [0.15, 0.2) is 0 Å². The molecule has 236 valence electrons. The summed E-state index contributed by atoms with van der Waals surface area (Å²) in [5.41, 5.74) is -3.08. The first-order valence-electron chi connectivity index (χ1n) is 13.6. The van der Waals surface area contributed by atoms with Crippen molar-refractivity contribution in [1.29, 1.82) is 0 Å². The number of pyridine rings is 1. The third kappa shape index (κ3) is 6.63. The van der Waals surface area contributed by atoms with Crippen molar-refractivity contribution in [2.45, 2.75) is 77.1 Å². The van der Waals surface area contributed by atoms with Crippen molar-refractivity contribution in [1.82, 2.24) is 30.0 Å². The van der Waals surface area contributed by atoms with Gasteiger partial charge in [-0.2, -0.15) is 13.2 Å². The number of anilines is 1. The normalized spacial score (nSPS) is 15.0. The first-order valence-corrected chi connectivity index (χ1v) is 13.6. The molecule has 3 aromatic heterocycles. The second-order valence-corrected chi connectivity index (χ2v) is 11.8. The summed E-state index contributed by atoms with van der Waals surface area (Å²) in [4.78, 5) is 59.8. The fraction of sp³-hybridized carbons (Fsp3) is 0.500. The number of nitrogens with one attached hydrogen (secondary N) is 2. The third-order valence-corrected chi connectivity index (χ3v) is 7.08. The molecule has 3 heterocycles. The van der Waals surface area contributed by atoms with Crippen molar-refractivity contribution in [2.75, 3.05) is 12.4 Å². The number of Topliss-reactive ketones (excluding diaryl/α,β-unsaturated/α-hetero) is 1. The lowest BCUT2D eigenvalue weighted by Crippen LogP contribution is -2.47. The van der Waals surface area contributed by atoms with Gasteiger partial charge in [0, 0.05) is 11.6 Å². The number of nitrogens with zero attached hydrogens (tertiary/aromatic N) is 5. The molecule has 0 spiro atoms. The lowest BCUT2D eigenvalue weighted by Gasteiger charge is -2.24. The van der Waals surface area contributed by atoms with Crippen LogP contribution in [0.5, 0.6) is 0 Å². The zero-order valence-electron chi connectivity index (χ0n) is 24.9. The zero-order valence-corrected chi connectivity index (χ0v) is 24.9. The van der Waals surface area contributed by atoms with Crippen LogP contribution in [0.4, 0.5) is 23.7 Å². The molecule has 16 heteroatoms.